The number of methoxy groups -OCH3 is 1. The molecule has 0 unspecified atom stereocenters. The second-order valence-electron chi connectivity index (χ2n) is 5.78. The summed E-state index contributed by atoms with van der Waals surface area (Å²) in [6, 6.07) is 17.2. The van der Waals surface area contributed by atoms with E-state index in [-0.39, 0.29) is 5.57 Å². The van der Waals surface area contributed by atoms with E-state index in [1.165, 1.54) is 0 Å². The van der Waals surface area contributed by atoms with Crippen LogP contribution >= 0.6 is 0 Å². The van der Waals surface area contributed by atoms with Crippen molar-refractivity contribution in [3.05, 3.63) is 71.4 Å². The molecule has 1 amide bonds. The third-order valence-electron chi connectivity index (χ3n) is 4.16. The molecule has 3 rings (SSSR count). The topological polar surface area (TPSA) is 77.9 Å². The molecule has 0 saturated heterocycles. The Morgan fingerprint density at radius 2 is 2.00 bits per heavy atom. The lowest BCUT2D eigenvalue weighted by atomic mass is 10.1. The largest absolute Gasteiger partial charge is 0.496 e. The van der Waals surface area contributed by atoms with Gasteiger partial charge >= 0.3 is 0 Å². The summed E-state index contributed by atoms with van der Waals surface area (Å²) in [5.74, 6) is 0.227. The molecule has 2 N–H and O–H groups in total. The Balaban J connectivity index is 1.66. The third kappa shape index (κ3) is 3.76. The second-order valence-corrected chi connectivity index (χ2v) is 5.78. The van der Waals surface area contributed by atoms with Gasteiger partial charge in [-0.05, 0) is 30.2 Å². The van der Waals surface area contributed by atoms with Gasteiger partial charge in [-0.1, -0.05) is 36.4 Å². The van der Waals surface area contributed by atoms with Crippen LogP contribution in [-0.2, 0) is 11.2 Å². The highest BCUT2D eigenvalue weighted by molar-refractivity contribution is 6.02. The Morgan fingerprint density at radius 3 is 2.81 bits per heavy atom. The van der Waals surface area contributed by atoms with E-state index < -0.39 is 5.91 Å². The van der Waals surface area contributed by atoms with Crippen molar-refractivity contribution in [2.75, 3.05) is 13.7 Å². The van der Waals surface area contributed by atoms with Gasteiger partial charge in [0.2, 0.25) is 0 Å². The summed E-state index contributed by atoms with van der Waals surface area (Å²) in [5, 5.41) is 13.3. The van der Waals surface area contributed by atoms with Crippen LogP contribution in [-0.4, -0.2) is 24.5 Å². The van der Waals surface area contributed by atoms with Crippen LogP contribution in [0.5, 0.6) is 5.75 Å². The Labute approximate surface area is 151 Å². The Kier molecular flexibility index (Phi) is 5.35. The zero-order chi connectivity index (χ0) is 18.4. The van der Waals surface area contributed by atoms with E-state index in [1.54, 1.807) is 25.3 Å². The van der Waals surface area contributed by atoms with Crippen molar-refractivity contribution in [2.24, 2.45) is 0 Å². The van der Waals surface area contributed by atoms with Gasteiger partial charge in [-0.3, -0.25) is 4.79 Å². The van der Waals surface area contributed by atoms with Gasteiger partial charge in [0.05, 0.1) is 7.11 Å². The maximum atomic E-state index is 12.3. The van der Waals surface area contributed by atoms with Gasteiger partial charge in [0.1, 0.15) is 17.4 Å². The van der Waals surface area contributed by atoms with Crippen LogP contribution in [0, 0.1) is 11.3 Å². The summed E-state index contributed by atoms with van der Waals surface area (Å²) < 4.78 is 5.25. The van der Waals surface area contributed by atoms with Crippen molar-refractivity contribution in [1.82, 2.24) is 10.3 Å². The number of fused-ring (bicyclic) bond motifs is 1. The smallest absolute Gasteiger partial charge is 0.261 e. The minimum Gasteiger partial charge on any atom is -0.496 e. The molecule has 0 fully saturated rings. The molecule has 3 aromatic rings. The number of carbonyl (C=O) groups is 1. The van der Waals surface area contributed by atoms with Gasteiger partial charge in [-0.15, -0.1) is 0 Å². The molecule has 0 atom stereocenters. The molecule has 0 saturated carbocycles. The second kappa shape index (κ2) is 8.04. The van der Waals surface area contributed by atoms with Crippen molar-refractivity contribution in [3.8, 4) is 11.8 Å². The summed E-state index contributed by atoms with van der Waals surface area (Å²) >= 11 is 0. The summed E-state index contributed by atoms with van der Waals surface area (Å²) in [7, 11) is 1.56. The first-order chi connectivity index (χ1) is 12.7. The average molecular weight is 345 g/mol. The number of ether oxygens (including phenoxy) is 1. The number of para-hydroxylation sites is 2. The minimum absolute atomic E-state index is 0.0495. The normalized spacial score (nSPS) is 11.2. The van der Waals surface area contributed by atoms with E-state index in [1.807, 2.05) is 48.7 Å². The number of aromatic nitrogens is 1. The number of hydrogen-bond acceptors (Lipinski definition) is 3. The molecule has 0 aliphatic rings. The molecule has 5 nitrogen and oxygen atoms in total. The number of H-pyrrole nitrogens is 1. The summed E-state index contributed by atoms with van der Waals surface area (Å²) in [4.78, 5) is 15.5. The zero-order valence-corrected chi connectivity index (χ0v) is 14.5. The highest BCUT2D eigenvalue weighted by Crippen LogP contribution is 2.20. The van der Waals surface area contributed by atoms with Crippen molar-refractivity contribution in [2.45, 2.75) is 6.42 Å². The SMILES string of the molecule is COc1ccccc1/C=C(/C#N)C(=O)NCCc1c[nH]c2ccccc12. The standard InChI is InChI=1S/C21H19N3O2/c1-26-20-9-5-2-6-15(20)12-17(13-22)21(25)23-11-10-16-14-24-19-8-4-3-7-18(16)19/h2-9,12,14,24H,10-11H2,1H3,(H,23,25)/b17-12-. The van der Waals surface area contributed by atoms with Gasteiger partial charge < -0.3 is 15.0 Å². The van der Waals surface area contributed by atoms with Crippen molar-refractivity contribution < 1.29 is 9.53 Å². The van der Waals surface area contributed by atoms with Gasteiger partial charge in [-0.2, -0.15) is 5.26 Å². The number of amides is 1. The van der Waals surface area contributed by atoms with Gasteiger partial charge in [0.15, 0.2) is 0 Å². The van der Waals surface area contributed by atoms with Gasteiger partial charge in [0.25, 0.3) is 5.91 Å². The molecule has 26 heavy (non-hydrogen) atoms. The number of nitrogens with zero attached hydrogens (tertiary/aromatic N) is 1. The predicted octanol–water partition coefficient (Wildman–Crippen LogP) is 3.44. The molecule has 2 aromatic carbocycles. The average Bonchev–Trinajstić information content (AvgIpc) is 3.09. The van der Waals surface area contributed by atoms with Gasteiger partial charge in [-0.25, -0.2) is 0 Å². The lowest BCUT2D eigenvalue weighted by Gasteiger charge is -2.06. The van der Waals surface area contributed by atoms with E-state index in [0.717, 1.165) is 16.5 Å². The third-order valence-corrected chi connectivity index (χ3v) is 4.16. The fourth-order valence-electron chi connectivity index (χ4n) is 2.83. The molecule has 0 aliphatic carbocycles. The molecule has 1 aromatic heterocycles. The molecular weight excluding hydrogens is 326 g/mol. The Hall–Kier alpha value is -3.52. The summed E-state index contributed by atoms with van der Waals surface area (Å²) in [6.07, 6.45) is 4.18. The van der Waals surface area contributed by atoms with E-state index in [9.17, 15) is 10.1 Å². The number of aromatic amines is 1. The van der Waals surface area contributed by atoms with Crippen molar-refractivity contribution >= 4 is 22.9 Å². The molecule has 1 heterocycles. The van der Waals surface area contributed by atoms with Crippen LogP contribution in [0.3, 0.4) is 0 Å². The predicted molar refractivity (Wildman–Crippen MR) is 102 cm³/mol. The van der Waals surface area contributed by atoms with E-state index in [0.29, 0.717) is 24.3 Å². The van der Waals surface area contributed by atoms with Crippen LogP contribution in [0.4, 0.5) is 0 Å². The number of benzene rings is 2. The molecule has 5 heteroatoms. The zero-order valence-electron chi connectivity index (χ0n) is 14.5. The van der Waals surface area contributed by atoms with Crippen molar-refractivity contribution in [1.29, 1.82) is 5.26 Å². The lowest BCUT2D eigenvalue weighted by Crippen LogP contribution is -2.26. The minimum atomic E-state index is -0.391. The monoisotopic (exact) mass is 345 g/mol. The van der Waals surface area contributed by atoms with E-state index in [4.69, 9.17) is 4.74 Å². The number of nitrogens with one attached hydrogen (secondary N) is 2. The number of rotatable bonds is 6. The quantitative estimate of drug-likeness (QED) is 0.531. The van der Waals surface area contributed by atoms with Crippen LogP contribution in [0.1, 0.15) is 11.1 Å². The number of carbonyl (C=O) groups excluding carboxylic acids is 1. The Morgan fingerprint density at radius 1 is 1.23 bits per heavy atom. The van der Waals surface area contributed by atoms with Crippen LogP contribution in [0.2, 0.25) is 0 Å². The fraction of sp³-hybridized carbons (Fsp3) is 0.143. The molecule has 130 valence electrons. The molecule has 0 spiro atoms. The highest BCUT2D eigenvalue weighted by atomic mass is 16.5. The fourth-order valence-corrected chi connectivity index (χ4v) is 2.83. The number of nitriles is 1. The lowest BCUT2D eigenvalue weighted by molar-refractivity contribution is -0.117. The molecule has 0 radical (unpaired) electrons. The maximum Gasteiger partial charge on any atom is 0.261 e. The molecule has 0 bridgehead atoms. The Bertz CT molecular complexity index is 996. The summed E-state index contributed by atoms with van der Waals surface area (Å²) in [6.45, 7) is 0.450. The maximum absolute atomic E-state index is 12.3. The number of hydrogen-bond donors (Lipinski definition) is 2. The van der Waals surface area contributed by atoms with E-state index in [2.05, 4.69) is 10.3 Å². The first kappa shape index (κ1) is 17.3. The van der Waals surface area contributed by atoms with Gasteiger partial charge in [0, 0.05) is 29.2 Å². The van der Waals surface area contributed by atoms with Crippen LogP contribution in [0.25, 0.3) is 17.0 Å². The molecular formula is C21H19N3O2. The molecule has 0 aliphatic heterocycles. The van der Waals surface area contributed by atoms with Crippen molar-refractivity contribution in [3.63, 3.8) is 0 Å². The highest BCUT2D eigenvalue weighted by Gasteiger charge is 2.11. The van der Waals surface area contributed by atoms with Crippen LogP contribution < -0.4 is 10.1 Å². The first-order valence-corrected chi connectivity index (χ1v) is 8.31. The van der Waals surface area contributed by atoms with E-state index >= 15 is 0 Å². The first-order valence-electron chi connectivity index (χ1n) is 8.31. The van der Waals surface area contributed by atoms with Crippen LogP contribution in [0.15, 0.2) is 60.3 Å². The summed E-state index contributed by atoms with van der Waals surface area (Å²) in [5.41, 5.74) is 2.95.